The van der Waals surface area contributed by atoms with Crippen LogP contribution in [0.5, 0.6) is 0 Å². The monoisotopic (exact) mass is 182 g/mol. The van der Waals surface area contributed by atoms with Crippen molar-refractivity contribution in [2.24, 2.45) is 0 Å². The first kappa shape index (κ1) is 14.9. The van der Waals surface area contributed by atoms with Crippen LogP contribution in [0.2, 0.25) is 0 Å². The van der Waals surface area contributed by atoms with Crippen LogP contribution in [0.1, 0.15) is 33.1 Å². The third-order valence-corrected chi connectivity index (χ3v) is 1.34. The molecule has 0 rings (SSSR count). The zero-order valence-corrected chi connectivity index (χ0v) is 10.1. The topological polar surface area (TPSA) is 49.4 Å². The molecule has 0 radical (unpaired) electrons. The van der Waals surface area contributed by atoms with Gasteiger partial charge in [0.2, 0.25) is 0 Å². The van der Waals surface area contributed by atoms with E-state index < -0.39 is 12.1 Å². The van der Waals surface area contributed by atoms with Crippen molar-refractivity contribution in [3.05, 3.63) is 0 Å². The molecule has 0 amide bonds. The van der Waals surface area contributed by atoms with Gasteiger partial charge in [0.25, 0.3) is 0 Å². The van der Waals surface area contributed by atoms with Crippen LogP contribution in [0.3, 0.4) is 0 Å². The van der Waals surface area contributed by atoms with E-state index in [0.29, 0.717) is 13.0 Å². The molecule has 1 unspecified atom stereocenters. The van der Waals surface area contributed by atoms with Crippen molar-refractivity contribution in [3.63, 3.8) is 0 Å². The minimum Gasteiger partial charge on any atom is -0.547 e. The fraction of sp³-hybridized carbons (Fsp3) is 0.875. The van der Waals surface area contributed by atoms with Gasteiger partial charge in [0.15, 0.2) is 0 Å². The average Bonchev–Trinajstić information content (AvgIpc) is 1.97. The molecule has 0 aromatic heterocycles. The Morgan fingerprint density at radius 1 is 1.42 bits per heavy atom. The summed E-state index contributed by atoms with van der Waals surface area (Å²) < 4.78 is 5.03. The Hall–Kier alpha value is 0.430. The molecule has 0 aliphatic rings. The summed E-state index contributed by atoms with van der Waals surface area (Å²) in [6.07, 6.45) is 1.48. The number of hydrogen-bond acceptors (Lipinski definition) is 3. The molecule has 0 aliphatic carbocycles. The molecule has 0 N–H and O–H groups in total. The Balaban J connectivity index is 0. The summed E-state index contributed by atoms with van der Waals surface area (Å²) in [5.41, 5.74) is 0. The predicted molar refractivity (Wildman–Crippen MR) is 39.9 cm³/mol. The van der Waals surface area contributed by atoms with Gasteiger partial charge in [0, 0.05) is 6.61 Å². The van der Waals surface area contributed by atoms with Crippen LogP contribution in [0.25, 0.3) is 0 Å². The number of hydrogen-bond donors (Lipinski definition) is 0. The molecule has 0 aromatic carbocycles. The van der Waals surface area contributed by atoms with Gasteiger partial charge in [-0.1, -0.05) is 20.3 Å². The van der Waals surface area contributed by atoms with Crippen molar-refractivity contribution in [3.8, 4) is 0 Å². The van der Waals surface area contributed by atoms with Crippen LogP contribution in [0, 0.1) is 0 Å². The minimum absolute atomic E-state index is 0. The van der Waals surface area contributed by atoms with Gasteiger partial charge >= 0.3 is 29.6 Å². The molecular formula is C8H15NaO3. The number of carboxylic acids is 1. The number of carbonyl (C=O) groups excluding carboxylic acids is 1. The summed E-state index contributed by atoms with van der Waals surface area (Å²) in [7, 11) is 0. The third kappa shape index (κ3) is 7.10. The summed E-state index contributed by atoms with van der Waals surface area (Å²) in [6.45, 7) is 4.36. The SMILES string of the molecule is CCCOC(CCC)C(=O)[O-].[Na+]. The van der Waals surface area contributed by atoms with Crippen LogP contribution in [-0.2, 0) is 9.53 Å². The first-order chi connectivity index (χ1) is 5.22. The summed E-state index contributed by atoms with van der Waals surface area (Å²) >= 11 is 0. The van der Waals surface area contributed by atoms with Gasteiger partial charge < -0.3 is 14.6 Å². The fourth-order valence-electron chi connectivity index (χ4n) is 0.792. The molecule has 0 bridgehead atoms. The molecule has 0 aliphatic heterocycles. The van der Waals surface area contributed by atoms with E-state index in [9.17, 15) is 9.90 Å². The van der Waals surface area contributed by atoms with Crippen LogP contribution in [0.4, 0.5) is 0 Å². The second-order valence-electron chi connectivity index (χ2n) is 2.47. The standard InChI is InChI=1S/C8H16O3.Na/c1-3-5-7(8(9)10)11-6-4-2;/h7H,3-6H2,1-2H3,(H,9,10);/q;+1/p-1. The van der Waals surface area contributed by atoms with E-state index in [4.69, 9.17) is 4.74 Å². The van der Waals surface area contributed by atoms with Crippen molar-refractivity contribution in [2.75, 3.05) is 6.61 Å². The van der Waals surface area contributed by atoms with Crippen LogP contribution < -0.4 is 34.7 Å². The third-order valence-electron chi connectivity index (χ3n) is 1.34. The van der Waals surface area contributed by atoms with Gasteiger partial charge in [0.05, 0.1) is 12.1 Å². The van der Waals surface area contributed by atoms with E-state index >= 15 is 0 Å². The van der Waals surface area contributed by atoms with Gasteiger partial charge in [0.1, 0.15) is 0 Å². The molecule has 12 heavy (non-hydrogen) atoms. The maximum absolute atomic E-state index is 10.4. The first-order valence-corrected chi connectivity index (χ1v) is 4.04. The number of carboxylic acid groups (broad SMARTS) is 1. The van der Waals surface area contributed by atoms with Gasteiger partial charge in [-0.15, -0.1) is 0 Å². The molecule has 1 atom stereocenters. The van der Waals surface area contributed by atoms with E-state index in [2.05, 4.69) is 0 Å². The van der Waals surface area contributed by atoms with Crippen LogP contribution >= 0.6 is 0 Å². The Kier molecular flexibility index (Phi) is 11.8. The summed E-state index contributed by atoms with van der Waals surface area (Å²) in [6, 6.07) is 0. The van der Waals surface area contributed by atoms with E-state index in [1.807, 2.05) is 13.8 Å². The number of ether oxygens (including phenoxy) is 1. The van der Waals surface area contributed by atoms with Crippen LogP contribution in [0.15, 0.2) is 0 Å². The second-order valence-corrected chi connectivity index (χ2v) is 2.47. The van der Waals surface area contributed by atoms with Crippen LogP contribution in [-0.4, -0.2) is 18.7 Å². The summed E-state index contributed by atoms with van der Waals surface area (Å²) in [5, 5.41) is 10.4. The number of rotatable bonds is 6. The molecule has 0 heterocycles. The molecule has 0 saturated heterocycles. The zero-order chi connectivity index (χ0) is 8.69. The van der Waals surface area contributed by atoms with E-state index in [-0.39, 0.29) is 29.6 Å². The second kappa shape index (κ2) is 9.52. The first-order valence-electron chi connectivity index (χ1n) is 4.04. The van der Waals surface area contributed by atoms with Crippen molar-refractivity contribution >= 4 is 5.97 Å². The molecule has 3 nitrogen and oxygen atoms in total. The molecule has 0 aromatic rings. The summed E-state index contributed by atoms with van der Waals surface area (Å²) in [5.74, 6) is -1.10. The number of aliphatic carboxylic acids is 1. The molecule has 4 heteroatoms. The average molecular weight is 182 g/mol. The van der Waals surface area contributed by atoms with Gasteiger partial charge in [-0.25, -0.2) is 0 Å². The molecule has 0 fully saturated rings. The van der Waals surface area contributed by atoms with Gasteiger partial charge in [-0.3, -0.25) is 0 Å². The largest absolute Gasteiger partial charge is 1.00 e. The van der Waals surface area contributed by atoms with Gasteiger partial charge in [-0.2, -0.15) is 0 Å². The predicted octanol–water partition coefficient (Wildman–Crippen LogP) is -2.66. The van der Waals surface area contributed by atoms with Crippen molar-refractivity contribution in [1.29, 1.82) is 0 Å². The Bertz CT molecular complexity index is 117. The van der Waals surface area contributed by atoms with Crippen molar-refractivity contribution in [2.45, 2.75) is 39.2 Å². The Morgan fingerprint density at radius 3 is 2.33 bits per heavy atom. The molecular weight excluding hydrogens is 167 g/mol. The maximum atomic E-state index is 10.4. The normalized spacial score (nSPS) is 11.8. The van der Waals surface area contributed by atoms with Gasteiger partial charge in [-0.05, 0) is 12.8 Å². The molecule has 0 saturated carbocycles. The number of carbonyl (C=O) groups is 1. The zero-order valence-electron chi connectivity index (χ0n) is 8.13. The maximum Gasteiger partial charge on any atom is 1.00 e. The molecule has 66 valence electrons. The van der Waals surface area contributed by atoms with Crippen molar-refractivity contribution < 1.29 is 44.2 Å². The smallest absolute Gasteiger partial charge is 0.547 e. The van der Waals surface area contributed by atoms with E-state index in [1.165, 1.54) is 0 Å². The summed E-state index contributed by atoms with van der Waals surface area (Å²) in [4.78, 5) is 10.4. The fourth-order valence-corrected chi connectivity index (χ4v) is 0.792. The Morgan fingerprint density at radius 2 is 2.00 bits per heavy atom. The van der Waals surface area contributed by atoms with E-state index in [0.717, 1.165) is 12.8 Å². The Labute approximate surface area is 95.8 Å². The minimum atomic E-state index is -1.10. The van der Waals surface area contributed by atoms with E-state index in [1.54, 1.807) is 0 Å². The van der Waals surface area contributed by atoms with Crippen molar-refractivity contribution in [1.82, 2.24) is 0 Å². The quantitative estimate of drug-likeness (QED) is 0.421. The molecule has 0 spiro atoms.